The molecule has 0 aliphatic carbocycles. The standard InChI is InChI=1S/C21H18N2O3S/c1-23(25-2)21(24)20-12-15-11-17(9-10-19(15)27-20)26-13-16-8-7-14-5-3-4-6-18(14)22-16/h3-12H,13H2,1-2H3. The second-order valence-corrected chi connectivity index (χ2v) is 7.16. The molecule has 0 aliphatic heterocycles. The zero-order chi connectivity index (χ0) is 18.8. The zero-order valence-electron chi connectivity index (χ0n) is 15.0. The van der Waals surface area contributed by atoms with Crippen LogP contribution in [0.2, 0.25) is 0 Å². The Morgan fingerprint density at radius 2 is 1.93 bits per heavy atom. The number of rotatable bonds is 5. The quantitative estimate of drug-likeness (QED) is 0.474. The van der Waals surface area contributed by atoms with Gasteiger partial charge in [-0.25, -0.2) is 10.0 Å². The molecule has 0 fully saturated rings. The minimum atomic E-state index is -0.165. The Labute approximate surface area is 160 Å². The molecule has 0 aliphatic rings. The van der Waals surface area contributed by atoms with Gasteiger partial charge >= 0.3 is 0 Å². The molecule has 5 nitrogen and oxygen atoms in total. The van der Waals surface area contributed by atoms with Crippen LogP contribution in [0.3, 0.4) is 0 Å². The van der Waals surface area contributed by atoms with Gasteiger partial charge in [0, 0.05) is 17.1 Å². The number of thiophene rings is 1. The number of carbonyl (C=O) groups is 1. The molecular weight excluding hydrogens is 360 g/mol. The van der Waals surface area contributed by atoms with E-state index in [1.807, 2.05) is 60.7 Å². The lowest BCUT2D eigenvalue weighted by Crippen LogP contribution is -2.24. The average molecular weight is 378 g/mol. The Morgan fingerprint density at radius 1 is 1.07 bits per heavy atom. The largest absolute Gasteiger partial charge is 0.487 e. The van der Waals surface area contributed by atoms with Crippen molar-refractivity contribution < 1.29 is 14.4 Å². The molecule has 0 unspecified atom stereocenters. The van der Waals surface area contributed by atoms with Crippen molar-refractivity contribution in [3.05, 3.63) is 71.2 Å². The van der Waals surface area contributed by atoms with Crippen LogP contribution in [0.15, 0.2) is 60.7 Å². The number of hydroxylamine groups is 2. The Kier molecular flexibility index (Phi) is 4.75. The van der Waals surface area contributed by atoms with E-state index >= 15 is 0 Å². The van der Waals surface area contributed by atoms with Crippen LogP contribution in [-0.2, 0) is 11.4 Å². The summed E-state index contributed by atoms with van der Waals surface area (Å²) in [5.74, 6) is 0.580. The normalized spacial score (nSPS) is 11.0. The fourth-order valence-electron chi connectivity index (χ4n) is 2.80. The van der Waals surface area contributed by atoms with Crippen molar-refractivity contribution in [2.75, 3.05) is 14.2 Å². The van der Waals surface area contributed by atoms with Gasteiger partial charge in [-0.3, -0.25) is 9.63 Å². The van der Waals surface area contributed by atoms with Crippen LogP contribution in [0.25, 0.3) is 21.0 Å². The lowest BCUT2D eigenvalue weighted by molar-refractivity contribution is -0.0753. The second kappa shape index (κ2) is 7.34. The molecule has 2 aromatic carbocycles. The number of hydrogen-bond acceptors (Lipinski definition) is 5. The molecule has 6 heteroatoms. The monoisotopic (exact) mass is 378 g/mol. The van der Waals surface area contributed by atoms with E-state index in [4.69, 9.17) is 9.57 Å². The molecule has 0 bridgehead atoms. The lowest BCUT2D eigenvalue weighted by Gasteiger charge is -2.11. The summed E-state index contributed by atoms with van der Waals surface area (Å²) in [7, 11) is 3.07. The van der Waals surface area contributed by atoms with Crippen LogP contribution in [0, 0.1) is 0 Å². The summed E-state index contributed by atoms with van der Waals surface area (Å²) in [6.45, 7) is 0.388. The molecule has 0 radical (unpaired) electrons. The predicted octanol–water partition coefficient (Wildman–Crippen LogP) is 4.66. The highest BCUT2D eigenvalue weighted by atomic mass is 32.1. The molecule has 136 valence electrons. The maximum absolute atomic E-state index is 12.2. The van der Waals surface area contributed by atoms with Crippen molar-refractivity contribution in [1.29, 1.82) is 0 Å². The number of ether oxygens (including phenoxy) is 1. The van der Waals surface area contributed by atoms with E-state index in [1.165, 1.54) is 23.5 Å². The van der Waals surface area contributed by atoms with Gasteiger partial charge in [-0.15, -0.1) is 11.3 Å². The number of hydrogen-bond donors (Lipinski definition) is 0. The number of pyridine rings is 1. The van der Waals surface area contributed by atoms with Crippen LogP contribution in [0.5, 0.6) is 5.75 Å². The van der Waals surface area contributed by atoms with E-state index in [0.717, 1.165) is 32.4 Å². The Balaban J connectivity index is 1.52. The molecule has 2 aromatic heterocycles. The number of nitrogens with zero attached hydrogens (tertiary/aromatic N) is 2. The first-order valence-electron chi connectivity index (χ1n) is 8.47. The molecule has 2 heterocycles. The first-order valence-corrected chi connectivity index (χ1v) is 9.29. The minimum absolute atomic E-state index is 0.165. The maximum atomic E-state index is 12.2. The Morgan fingerprint density at radius 3 is 2.78 bits per heavy atom. The van der Waals surface area contributed by atoms with Gasteiger partial charge in [0.2, 0.25) is 0 Å². The second-order valence-electron chi connectivity index (χ2n) is 6.08. The molecule has 0 spiro atoms. The average Bonchev–Trinajstić information content (AvgIpc) is 3.14. The van der Waals surface area contributed by atoms with Crippen molar-refractivity contribution in [2.45, 2.75) is 6.61 Å². The zero-order valence-corrected chi connectivity index (χ0v) is 15.8. The van der Waals surface area contributed by atoms with E-state index in [-0.39, 0.29) is 5.91 Å². The summed E-state index contributed by atoms with van der Waals surface area (Å²) in [4.78, 5) is 22.4. The summed E-state index contributed by atoms with van der Waals surface area (Å²) >= 11 is 1.43. The molecular formula is C21H18N2O3S. The number of carbonyl (C=O) groups excluding carboxylic acids is 1. The highest BCUT2D eigenvalue weighted by molar-refractivity contribution is 7.20. The Hall–Kier alpha value is -2.96. The van der Waals surface area contributed by atoms with Gasteiger partial charge in [-0.1, -0.05) is 24.3 Å². The Bertz CT molecular complexity index is 1120. The molecule has 0 saturated heterocycles. The van der Waals surface area contributed by atoms with Crippen LogP contribution in [0.1, 0.15) is 15.4 Å². The summed E-state index contributed by atoms with van der Waals surface area (Å²) in [5, 5.41) is 3.30. The van der Waals surface area contributed by atoms with E-state index < -0.39 is 0 Å². The summed E-state index contributed by atoms with van der Waals surface area (Å²) in [6.07, 6.45) is 0. The number of aromatic nitrogens is 1. The third-order valence-corrected chi connectivity index (χ3v) is 5.41. The van der Waals surface area contributed by atoms with E-state index in [0.29, 0.717) is 11.5 Å². The molecule has 0 N–H and O–H groups in total. The van der Waals surface area contributed by atoms with Crippen LogP contribution in [0.4, 0.5) is 0 Å². The van der Waals surface area contributed by atoms with Crippen LogP contribution < -0.4 is 4.74 Å². The molecule has 0 saturated carbocycles. The smallest absolute Gasteiger partial charge is 0.287 e. The summed E-state index contributed by atoms with van der Waals surface area (Å²) < 4.78 is 6.94. The number of amides is 1. The first-order chi connectivity index (χ1) is 13.1. The maximum Gasteiger partial charge on any atom is 0.287 e. The third-order valence-electron chi connectivity index (χ3n) is 4.30. The van der Waals surface area contributed by atoms with Crippen molar-refractivity contribution in [1.82, 2.24) is 10.0 Å². The third kappa shape index (κ3) is 3.63. The van der Waals surface area contributed by atoms with Gasteiger partial charge in [0.1, 0.15) is 12.4 Å². The minimum Gasteiger partial charge on any atom is -0.487 e. The van der Waals surface area contributed by atoms with E-state index in [2.05, 4.69) is 4.98 Å². The summed E-state index contributed by atoms with van der Waals surface area (Å²) in [5.41, 5.74) is 1.83. The van der Waals surface area contributed by atoms with Gasteiger partial charge in [0.25, 0.3) is 5.91 Å². The highest BCUT2D eigenvalue weighted by Gasteiger charge is 2.15. The fraction of sp³-hybridized carbons (Fsp3) is 0.143. The molecule has 1 amide bonds. The van der Waals surface area contributed by atoms with Crippen molar-refractivity contribution in [3.8, 4) is 5.75 Å². The van der Waals surface area contributed by atoms with Gasteiger partial charge in [0.15, 0.2) is 0 Å². The van der Waals surface area contributed by atoms with Crippen LogP contribution >= 0.6 is 11.3 Å². The number of para-hydroxylation sites is 1. The SMILES string of the molecule is CON(C)C(=O)c1cc2cc(OCc3ccc4ccccc4n3)ccc2s1. The summed E-state index contributed by atoms with van der Waals surface area (Å²) in [6, 6.07) is 19.7. The van der Waals surface area contributed by atoms with E-state index in [9.17, 15) is 4.79 Å². The molecule has 4 aromatic rings. The van der Waals surface area contributed by atoms with E-state index in [1.54, 1.807) is 7.05 Å². The van der Waals surface area contributed by atoms with Crippen molar-refractivity contribution in [3.63, 3.8) is 0 Å². The van der Waals surface area contributed by atoms with Gasteiger partial charge in [-0.05, 0) is 41.8 Å². The number of benzene rings is 2. The first kappa shape index (κ1) is 17.5. The van der Waals surface area contributed by atoms with Crippen molar-refractivity contribution in [2.24, 2.45) is 0 Å². The topological polar surface area (TPSA) is 51.7 Å². The van der Waals surface area contributed by atoms with Crippen LogP contribution in [-0.4, -0.2) is 30.1 Å². The molecule has 4 rings (SSSR count). The van der Waals surface area contributed by atoms with Gasteiger partial charge in [-0.2, -0.15) is 0 Å². The fourth-order valence-corrected chi connectivity index (χ4v) is 3.81. The molecule has 0 atom stereocenters. The van der Waals surface area contributed by atoms with Gasteiger partial charge in [0.05, 0.1) is 23.2 Å². The number of fused-ring (bicyclic) bond motifs is 2. The van der Waals surface area contributed by atoms with Gasteiger partial charge < -0.3 is 4.74 Å². The molecule has 27 heavy (non-hydrogen) atoms. The predicted molar refractivity (Wildman–Crippen MR) is 107 cm³/mol. The van der Waals surface area contributed by atoms with Crippen molar-refractivity contribution >= 4 is 38.2 Å². The lowest BCUT2D eigenvalue weighted by atomic mass is 10.2. The highest BCUT2D eigenvalue weighted by Crippen LogP contribution is 2.30.